The van der Waals surface area contributed by atoms with Gasteiger partial charge in [0, 0.05) is 0 Å². The number of rotatable bonds is 5. The molecule has 1 unspecified atom stereocenters. The molecule has 0 radical (unpaired) electrons. The summed E-state index contributed by atoms with van der Waals surface area (Å²) < 4.78 is 10.9. The minimum Gasteiger partial charge on any atom is -0.508 e. The van der Waals surface area contributed by atoms with Gasteiger partial charge in [0.1, 0.15) is 12.4 Å². The zero-order valence-corrected chi connectivity index (χ0v) is 11.5. The van der Waals surface area contributed by atoms with Crippen LogP contribution in [0.2, 0.25) is 0 Å². The topological polar surface area (TPSA) is 58.9 Å². The lowest BCUT2D eigenvalue weighted by Gasteiger charge is -2.13. The van der Waals surface area contributed by atoms with Crippen molar-refractivity contribution in [2.24, 2.45) is 0 Å². The van der Waals surface area contributed by atoms with E-state index in [1.54, 1.807) is 50.4 Å². The van der Waals surface area contributed by atoms with Crippen molar-refractivity contribution in [1.82, 2.24) is 0 Å². The lowest BCUT2D eigenvalue weighted by Crippen LogP contribution is -1.99. The van der Waals surface area contributed by atoms with Crippen LogP contribution in [0, 0.1) is 0 Å². The minimum atomic E-state index is -0.552. The van der Waals surface area contributed by atoms with Gasteiger partial charge in [-0.3, -0.25) is 0 Å². The van der Waals surface area contributed by atoms with E-state index in [9.17, 15) is 10.2 Å². The number of hydrogen-bond donors (Lipinski definition) is 2. The summed E-state index contributed by atoms with van der Waals surface area (Å²) in [6.45, 7) is 2.03. The van der Waals surface area contributed by atoms with Crippen LogP contribution in [0.5, 0.6) is 17.2 Å². The molecule has 2 aromatic rings. The Morgan fingerprint density at radius 3 is 2.55 bits per heavy atom. The monoisotopic (exact) mass is 274 g/mol. The molecule has 4 nitrogen and oxygen atoms in total. The third kappa shape index (κ3) is 3.42. The van der Waals surface area contributed by atoms with Crippen molar-refractivity contribution in [1.29, 1.82) is 0 Å². The molecule has 0 saturated heterocycles. The molecule has 0 aromatic heterocycles. The molecule has 0 heterocycles. The highest BCUT2D eigenvalue weighted by molar-refractivity contribution is 5.43. The summed E-state index contributed by atoms with van der Waals surface area (Å²) in [4.78, 5) is 0. The number of aliphatic hydroxyl groups excluding tert-OH is 1. The molecular weight excluding hydrogens is 256 g/mol. The van der Waals surface area contributed by atoms with Crippen molar-refractivity contribution in [3.8, 4) is 17.2 Å². The van der Waals surface area contributed by atoms with Gasteiger partial charge in [-0.2, -0.15) is 0 Å². The summed E-state index contributed by atoms with van der Waals surface area (Å²) in [5, 5.41) is 18.9. The molecule has 2 aromatic carbocycles. The fraction of sp³-hybridized carbons (Fsp3) is 0.250. The Labute approximate surface area is 118 Å². The Bertz CT molecular complexity index is 578. The molecule has 0 fully saturated rings. The predicted molar refractivity (Wildman–Crippen MR) is 76.1 cm³/mol. The average molecular weight is 274 g/mol. The number of ether oxygens (including phenoxy) is 2. The van der Waals surface area contributed by atoms with E-state index in [0.717, 1.165) is 11.1 Å². The molecule has 2 rings (SSSR count). The largest absolute Gasteiger partial charge is 0.508 e. The number of benzene rings is 2. The van der Waals surface area contributed by atoms with E-state index in [0.29, 0.717) is 18.1 Å². The van der Waals surface area contributed by atoms with Gasteiger partial charge < -0.3 is 19.7 Å². The lowest BCUT2D eigenvalue weighted by molar-refractivity contribution is 0.198. The van der Waals surface area contributed by atoms with Crippen LogP contribution in [-0.4, -0.2) is 17.3 Å². The number of methoxy groups -OCH3 is 1. The maximum absolute atomic E-state index is 9.55. The SMILES string of the molecule is COc1cc(C(C)O)ccc1OCc1cccc(O)c1. The Kier molecular flexibility index (Phi) is 4.48. The van der Waals surface area contributed by atoms with Crippen LogP contribution in [-0.2, 0) is 6.61 Å². The Morgan fingerprint density at radius 2 is 1.90 bits per heavy atom. The van der Waals surface area contributed by atoms with Gasteiger partial charge in [0.15, 0.2) is 11.5 Å². The maximum atomic E-state index is 9.55. The van der Waals surface area contributed by atoms with Crippen molar-refractivity contribution in [3.05, 3.63) is 53.6 Å². The Morgan fingerprint density at radius 1 is 1.10 bits per heavy atom. The molecule has 0 amide bonds. The van der Waals surface area contributed by atoms with Crippen LogP contribution < -0.4 is 9.47 Å². The Balaban J connectivity index is 2.13. The fourth-order valence-corrected chi connectivity index (χ4v) is 1.87. The first-order valence-corrected chi connectivity index (χ1v) is 6.37. The van der Waals surface area contributed by atoms with Gasteiger partial charge in [-0.25, -0.2) is 0 Å². The molecule has 2 N–H and O–H groups in total. The average Bonchev–Trinajstić information content (AvgIpc) is 2.45. The number of phenolic OH excluding ortho intramolecular Hbond substituents is 1. The highest BCUT2D eigenvalue weighted by Crippen LogP contribution is 2.31. The normalized spacial score (nSPS) is 11.9. The van der Waals surface area contributed by atoms with E-state index >= 15 is 0 Å². The summed E-state index contributed by atoms with van der Waals surface area (Å²) in [5.74, 6) is 1.38. The van der Waals surface area contributed by atoms with Crippen LogP contribution >= 0.6 is 0 Å². The number of hydrogen-bond acceptors (Lipinski definition) is 4. The Hall–Kier alpha value is -2.20. The van der Waals surface area contributed by atoms with E-state index in [2.05, 4.69) is 0 Å². The predicted octanol–water partition coefficient (Wildman–Crippen LogP) is 3.03. The van der Waals surface area contributed by atoms with Gasteiger partial charge in [0.05, 0.1) is 13.2 Å². The first kappa shape index (κ1) is 14.2. The second-order valence-electron chi connectivity index (χ2n) is 4.54. The van der Waals surface area contributed by atoms with E-state index in [-0.39, 0.29) is 5.75 Å². The maximum Gasteiger partial charge on any atom is 0.161 e. The number of aliphatic hydroxyl groups is 1. The highest BCUT2D eigenvalue weighted by atomic mass is 16.5. The molecule has 4 heteroatoms. The molecular formula is C16H18O4. The van der Waals surface area contributed by atoms with Crippen LogP contribution in [0.3, 0.4) is 0 Å². The molecule has 0 aliphatic heterocycles. The second-order valence-corrected chi connectivity index (χ2v) is 4.54. The van der Waals surface area contributed by atoms with Crippen molar-refractivity contribution in [3.63, 3.8) is 0 Å². The lowest BCUT2D eigenvalue weighted by atomic mass is 10.1. The van der Waals surface area contributed by atoms with Gasteiger partial charge in [0.2, 0.25) is 0 Å². The molecule has 0 aliphatic carbocycles. The standard InChI is InChI=1S/C16H18O4/c1-11(17)13-6-7-15(16(9-13)19-2)20-10-12-4-3-5-14(18)8-12/h3-9,11,17-18H,10H2,1-2H3. The van der Waals surface area contributed by atoms with Crippen LogP contribution in [0.15, 0.2) is 42.5 Å². The third-order valence-corrected chi connectivity index (χ3v) is 2.97. The van der Waals surface area contributed by atoms with E-state index in [1.165, 1.54) is 0 Å². The zero-order valence-electron chi connectivity index (χ0n) is 11.5. The van der Waals surface area contributed by atoms with Gasteiger partial charge >= 0.3 is 0 Å². The quantitative estimate of drug-likeness (QED) is 0.880. The van der Waals surface area contributed by atoms with Crippen molar-refractivity contribution >= 4 is 0 Å². The molecule has 0 aliphatic rings. The third-order valence-electron chi connectivity index (χ3n) is 2.97. The summed E-state index contributed by atoms with van der Waals surface area (Å²) in [5.41, 5.74) is 1.64. The number of aromatic hydroxyl groups is 1. The van der Waals surface area contributed by atoms with Gasteiger partial charge in [-0.05, 0) is 42.3 Å². The second kappa shape index (κ2) is 6.30. The van der Waals surface area contributed by atoms with Crippen LogP contribution in [0.4, 0.5) is 0 Å². The van der Waals surface area contributed by atoms with Crippen LogP contribution in [0.1, 0.15) is 24.2 Å². The summed E-state index contributed by atoms with van der Waals surface area (Å²) in [7, 11) is 1.56. The van der Waals surface area contributed by atoms with Gasteiger partial charge in [-0.15, -0.1) is 0 Å². The highest BCUT2D eigenvalue weighted by Gasteiger charge is 2.09. The fourth-order valence-electron chi connectivity index (χ4n) is 1.87. The zero-order chi connectivity index (χ0) is 14.5. The first-order chi connectivity index (χ1) is 9.60. The molecule has 106 valence electrons. The smallest absolute Gasteiger partial charge is 0.161 e. The number of phenols is 1. The molecule has 0 bridgehead atoms. The first-order valence-electron chi connectivity index (χ1n) is 6.37. The van der Waals surface area contributed by atoms with E-state index < -0.39 is 6.10 Å². The van der Waals surface area contributed by atoms with E-state index in [1.807, 2.05) is 6.07 Å². The summed E-state index contributed by atoms with van der Waals surface area (Å²) in [6.07, 6.45) is -0.552. The van der Waals surface area contributed by atoms with Crippen molar-refractivity contribution in [2.75, 3.05) is 7.11 Å². The molecule has 0 saturated carbocycles. The summed E-state index contributed by atoms with van der Waals surface area (Å²) >= 11 is 0. The molecule has 1 atom stereocenters. The van der Waals surface area contributed by atoms with Crippen molar-refractivity contribution in [2.45, 2.75) is 19.6 Å². The molecule has 0 spiro atoms. The summed E-state index contributed by atoms with van der Waals surface area (Å²) in [6, 6.07) is 12.2. The van der Waals surface area contributed by atoms with Gasteiger partial charge in [0.25, 0.3) is 0 Å². The van der Waals surface area contributed by atoms with Crippen molar-refractivity contribution < 1.29 is 19.7 Å². The van der Waals surface area contributed by atoms with E-state index in [4.69, 9.17) is 9.47 Å². The van der Waals surface area contributed by atoms with Crippen LogP contribution in [0.25, 0.3) is 0 Å². The van der Waals surface area contributed by atoms with Gasteiger partial charge in [-0.1, -0.05) is 18.2 Å². The minimum absolute atomic E-state index is 0.211. The molecule has 20 heavy (non-hydrogen) atoms.